The van der Waals surface area contributed by atoms with Crippen molar-refractivity contribution >= 4 is 29.2 Å². The molecule has 0 unspecified atom stereocenters. The van der Waals surface area contributed by atoms with Crippen LogP contribution in [0.2, 0.25) is 0 Å². The van der Waals surface area contributed by atoms with E-state index in [-0.39, 0.29) is 5.82 Å². The van der Waals surface area contributed by atoms with E-state index in [9.17, 15) is 9.59 Å². The van der Waals surface area contributed by atoms with Gasteiger partial charge in [-0.1, -0.05) is 5.16 Å². The highest BCUT2D eigenvalue weighted by Crippen LogP contribution is 2.07. The molecule has 0 amide bonds. The Morgan fingerprint density at radius 2 is 2.16 bits per heavy atom. The van der Waals surface area contributed by atoms with E-state index in [2.05, 4.69) is 19.4 Å². The van der Waals surface area contributed by atoms with Crippen LogP contribution in [0, 0.1) is 0 Å². The van der Waals surface area contributed by atoms with Crippen molar-refractivity contribution in [3.63, 3.8) is 0 Å². The van der Waals surface area contributed by atoms with Crippen LogP contribution in [-0.2, 0) is 19.2 Å². The van der Waals surface area contributed by atoms with E-state index in [1.54, 1.807) is 20.8 Å². The molecular formula is C10H13N3O5S. The standard InChI is InChI=1S/C10H13N3O5S/c1-10(2,3)18-6(14)4-17-12-7(9(15)16)8-11-5-19-13-8/h5H,4H2,1-3H3,(H,15,16). The van der Waals surface area contributed by atoms with Crippen molar-refractivity contribution in [2.45, 2.75) is 26.4 Å². The molecule has 1 aromatic rings. The predicted octanol–water partition coefficient (Wildman–Crippen LogP) is 0.685. The number of oxime groups is 1. The third kappa shape index (κ3) is 5.42. The number of aliphatic carboxylic acids is 1. The van der Waals surface area contributed by atoms with Crippen molar-refractivity contribution in [1.82, 2.24) is 9.36 Å². The molecule has 0 bridgehead atoms. The number of carbonyl (C=O) groups excluding carboxylic acids is 1. The molecule has 0 spiro atoms. The minimum Gasteiger partial charge on any atom is -0.476 e. The average molecular weight is 287 g/mol. The number of nitrogens with zero attached hydrogens (tertiary/aromatic N) is 3. The molecule has 9 heteroatoms. The first-order chi connectivity index (χ1) is 8.79. The van der Waals surface area contributed by atoms with Gasteiger partial charge in [0.2, 0.25) is 18.1 Å². The van der Waals surface area contributed by atoms with Crippen molar-refractivity contribution in [3.8, 4) is 0 Å². The maximum atomic E-state index is 11.3. The molecule has 0 radical (unpaired) electrons. The van der Waals surface area contributed by atoms with Crippen LogP contribution in [0.1, 0.15) is 26.6 Å². The molecule has 0 saturated carbocycles. The number of hydrogen-bond acceptors (Lipinski definition) is 8. The van der Waals surface area contributed by atoms with Gasteiger partial charge in [-0.25, -0.2) is 14.6 Å². The zero-order valence-electron chi connectivity index (χ0n) is 10.6. The summed E-state index contributed by atoms with van der Waals surface area (Å²) in [7, 11) is 0. The zero-order valence-corrected chi connectivity index (χ0v) is 11.4. The van der Waals surface area contributed by atoms with Crippen LogP contribution in [0.25, 0.3) is 0 Å². The summed E-state index contributed by atoms with van der Waals surface area (Å²) in [4.78, 5) is 30.5. The van der Waals surface area contributed by atoms with Gasteiger partial charge in [-0.2, -0.15) is 4.37 Å². The molecule has 0 atom stereocenters. The highest BCUT2D eigenvalue weighted by molar-refractivity contribution is 7.03. The lowest BCUT2D eigenvalue weighted by Crippen LogP contribution is -2.26. The molecule has 1 rings (SSSR count). The monoisotopic (exact) mass is 287 g/mol. The van der Waals surface area contributed by atoms with E-state index in [0.29, 0.717) is 0 Å². The summed E-state index contributed by atoms with van der Waals surface area (Å²) in [5.41, 5.74) is 0.252. The van der Waals surface area contributed by atoms with Crippen molar-refractivity contribution < 1.29 is 24.3 Å². The Bertz CT molecular complexity index is 478. The fourth-order valence-electron chi connectivity index (χ4n) is 0.971. The number of carboxylic acids is 1. The number of carbonyl (C=O) groups is 2. The molecule has 0 aliphatic heterocycles. The van der Waals surface area contributed by atoms with Gasteiger partial charge in [0.05, 0.1) is 0 Å². The maximum Gasteiger partial charge on any atom is 0.362 e. The summed E-state index contributed by atoms with van der Waals surface area (Å²) < 4.78 is 8.68. The van der Waals surface area contributed by atoms with E-state index in [0.717, 1.165) is 11.5 Å². The minimum atomic E-state index is -1.34. The maximum absolute atomic E-state index is 11.3. The number of aromatic nitrogens is 2. The number of esters is 1. The second-order valence-corrected chi connectivity index (χ2v) is 4.96. The van der Waals surface area contributed by atoms with Crippen LogP contribution in [0.15, 0.2) is 10.7 Å². The molecule has 0 saturated heterocycles. The van der Waals surface area contributed by atoms with E-state index in [4.69, 9.17) is 9.84 Å². The number of carboxylic acid groups (broad SMARTS) is 1. The lowest BCUT2D eigenvalue weighted by Gasteiger charge is -2.18. The van der Waals surface area contributed by atoms with Crippen LogP contribution < -0.4 is 0 Å². The lowest BCUT2D eigenvalue weighted by molar-refractivity contribution is -0.160. The minimum absolute atomic E-state index is 0.0679. The SMILES string of the molecule is CC(C)(C)OC(=O)CON=C(C(=O)O)c1ncsn1. The van der Waals surface area contributed by atoms with Crippen molar-refractivity contribution in [2.75, 3.05) is 6.61 Å². The van der Waals surface area contributed by atoms with E-state index >= 15 is 0 Å². The Morgan fingerprint density at radius 3 is 2.63 bits per heavy atom. The van der Waals surface area contributed by atoms with E-state index < -0.39 is 29.9 Å². The Labute approximate surface area is 113 Å². The second-order valence-electron chi connectivity index (χ2n) is 4.36. The van der Waals surface area contributed by atoms with Crippen LogP contribution in [0.5, 0.6) is 0 Å². The molecule has 8 nitrogen and oxygen atoms in total. The molecule has 0 aliphatic carbocycles. The quantitative estimate of drug-likeness (QED) is 0.481. The third-order valence-corrected chi connectivity index (χ3v) is 2.01. The summed E-state index contributed by atoms with van der Waals surface area (Å²) in [5, 5.41) is 12.2. The molecule has 0 aromatic carbocycles. The average Bonchev–Trinajstić information content (AvgIpc) is 2.74. The first kappa shape index (κ1) is 15.0. The first-order valence-electron chi connectivity index (χ1n) is 5.21. The van der Waals surface area contributed by atoms with E-state index in [1.807, 2.05) is 0 Å². The topological polar surface area (TPSA) is 111 Å². The Morgan fingerprint density at radius 1 is 1.47 bits per heavy atom. The van der Waals surface area contributed by atoms with Crippen molar-refractivity contribution in [2.24, 2.45) is 5.16 Å². The van der Waals surface area contributed by atoms with Crippen LogP contribution in [-0.4, -0.2) is 44.3 Å². The molecule has 19 heavy (non-hydrogen) atoms. The Balaban J connectivity index is 2.59. The van der Waals surface area contributed by atoms with Crippen molar-refractivity contribution in [1.29, 1.82) is 0 Å². The lowest BCUT2D eigenvalue weighted by atomic mass is 10.2. The van der Waals surface area contributed by atoms with Gasteiger partial charge in [-0.15, -0.1) is 0 Å². The molecule has 1 aromatic heterocycles. The molecule has 0 aliphatic rings. The Kier molecular flexibility index (Phi) is 4.93. The van der Waals surface area contributed by atoms with Gasteiger partial charge < -0.3 is 14.7 Å². The largest absolute Gasteiger partial charge is 0.476 e. The smallest absolute Gasteiger partial charge is 0.362 e. The second kappa shape index (κ2) is 6.23. The zero-order chi connectivity index (χ0) is 14.5. The molecule has 0 fully saturated rings. The summed E-state index contributed by atoms with van der Waals surface area (Å²) in [6, 6.07) is 0. The number of ether oxygens (including phenoxy) is 1. The van der Waals surface area contributed by atoms with Crippen molar-refractivity contribution in [3.05, 3.63) is 11.3 Å². The van der Waals surface area contributed by atoms with Crippen LogP contribution in [0.3, 0.4) is 0 Å². The molecular weight excluding hydrogens is 274 g/mol. The fourth-order valence-corrected chi connectivity index (χ4v) is 1.40. The summed E-state index contributed by atoms with van der Waals surface area (Å²) in [6.07, 6.45) is 0. The highest BCUT2D eigenvalue weighted by Gasteiger charge is 2.19. The van der Waals surface area contributed by atoms with Gasteiger partial charge in [-0.05, 0) is 32.3 Å². The van der Waals surface area contributed by atoms with Gasteiger partial charge in [0.1, 0.15) is 11.1 Å². The number of rotatable bonds is 5. The van der Waals surface area contributed by atoms with Gasteiger partial charge in [-0.3, -0.25) is 0 Å². The van der Waals surface area contributed by atoms with Gasteiger partial charge >= 0.3 is 11.9 Å². The number of hydrogen-bond donors (Lipinski definition) is 1. The fraction of sp³-hybridized carbons (Fsp3) is 0.500. The highest BCUT2D eigenvalue weighted by atomic mass is 32.1. The van der Waals surface area contributed by atoms with Gasteiger partial charge in [0.15, 0.2) is 0 Å². The normalized spacial score (nSPS) is 12.1. The molecule has 1 N–H and O–H groups in total. The van der Waals surface area contributed by atoms with Gasteiger partial charge in [0.25, 0.3) is 0 Å². The predicted molar refractivity (Wildman–Crippen MR) is 65.9 cm³/mol. The molecule has 1 heterocycles. The van der Waals surface area contributed by atoms with Crippen LogP contribution >= 0.6 is 11.5 Å². The van der Waals surface area contributed by atoms with Gasteiger partial charge in [0, 0.05) is 0 Å². The third-order valence-electron chi connectivity index (χ3n) is 1.53. The van der Waals surface area contributed by atoms with E-state index in [1.165, 1.54) is 5.51 Å². The summed E-state index contributed by atoms with van der Waals surface area (Å²) in [5.74, 6) is -2.06. The van der Waals surface area contributed by atoms with Crippen LogP contribution in [0.4, 0.5) is 0 Å². The summed E-state index contributed by atoms with van der Waals surface area (Å²) in [6.45, 7) is 4.63. The first-order valence-corrected chi connectivity index (χ1v) is 6.05. The Hall–Kier alpha value is -2.03. The molecule has 104 valence electrons. The summed E-state index contributed by atoms with van der Waals surface area (Å²) >= 11 is 0.980.